The summed E-state index contributed by atoms with van der Waals surface area (Å²) in [5.74, 6) is 2.07. The minimum Gasteiger partial charge on any atom is -0.496 e. The van der Waals surface area contributed by atoms with E-state index in [0.717, 1.165) is 11.3 Å². The van der Waals surface area contributed by atoms with Gasteiger partial charge >= 0.3 is 6.03 Å². The van der Waals surface area contributed by atoms with Gasteiger partial charge in [-0.1, -0.05) is 18.2 Å². The minimum atomic E-state index is -0.299. The van der Waals surface area contributed by atoms with E-state index >= 15 is 0 Å². The molecule has 2 amide bonds. The Balaban J connectivity index is 1.59. The summed E-state index contributed by atoms with van der Waals surface area (Å²) in [6, 6.07) is 12.6. The van der Waals surface area contributed by atoms with Crippen LogP contribution in [0.15, 0.2) is 42.5 Å². The van der Waals surface area contributed by atoms with Crippen molar-refractivity contribution >= 4 is 11.7 Å². The van der Waals surface area contributed by atoms with Gasteiger partial charge in [0.25, 0.3) is 0 Å². The normalized spacial score (nSPS) is 12.4. The fourth-order valence-corrected chi connectivity index (χ4v) is 2.32. The van der Waals surface area contributed by atoms with Crippen LogP contribution in [0.2, 0.25) is 0 Å². The van der Waals surface area contributed by atoms with Crippen molar-refractivity contribution in [2.24, 2.45) is 0 Å². The van der Waals surface area contributed by atoms with E-state index in [2.05, 4.69) is 10.6 Å². The molecule has 0 aromatic heterocycles. The number of hydrogen-bond donors (Lipinski definition) is 2. The van der Waals surface area contributed by atoms with Crippen molar-refractivity contribution in [2.75, 3.05) is 25.6 Å². The van der Waals surface area contributed by atoms with Crippen LogP contribution in [0.1, 0.15) is 5.56 Å². The molecule has 0 bridgehead atoms. The largest absolute Gasteiger partial charge is 0.496 e. The van der Waals surface area contributed by atoms with Crippen molar-refractivity contribution in [1.82, 2.24) is 5.32 Å². The average Bonchev–Trinajstić information content (AvgIpc) is 2.60. The highest BCUT2D eigenvalue weighted by Gasteiger charge is 2.12. The number of fused-ring (bicyclic) bond motifs is 1. The third-order valence-corrected chi connectivity index (χ3v) is 3.43. The van der Waals surface area contributed by atoms with Gasteiger partial charge in [0.1, 0.15) is 19.0 Å². The number of nitrogens with one attached hydrogen (secondary N) is 2. The van der Waals surface area contributed by atoms with Gasteiger partial charge < -0.3 is 24.8 Å². The maximum Gasteiger partial charge on any atom is 0.319 e. The molecule has 0 saturated heterocycles. The Morgan fingerprint density at radius 3 is 2.74 bits per heavy atom. The third kappa shape index (κ3) is 3.66. The molecule has 2 aromatic carbocycles. The van der Waals surface area contributed by atoms with E-state index in [1.807, 2.05) is 24.3 Å². The Kier molecular flexibility index (Phi) is 4.52. The van der Waals surface area contributed by atoms with Crippen LogP contribution >= 0.6 is 0 Å². The Morgan fingerprint density at radius 1 is 1.13 bits per heavy atom. The van der Waals surface area contributed by atoms with Crippen molar-refractivity contribution in [3.05, 3.63) is 48.0 Å². The summed E-state index contributed by atoms with van der Waals surface area (Å²) in [6.07, 6.45) is 0. The minimum absolute atomic E-state index is 0.299. The fraction of sp³-hybridized carbons (Fsp3) is 0.235. The van der Waals surface area contributed by atoms with E-state index in [1.165, 1.54) is 0 Å². The molecule has 2 N–H and O–H groups in total. The summed E-state index contributed by atoms with van der Waals surface area (Å²) >= 11 is 0. The smallest absolute Gasteiger partial charge is 0.319 e. The first-order valence-electron chi connectivity index (χ1n) is 7.32. The van der Waals surface area contributed by atoms with Crippen molar-refractivity contribution in [1.29, 1.82) is 0 Å². The van der Waals surface area contributed by atoms with Crippen LogP contribution in [-0.2, 0) is 6.54 Å². The third-order valence-electron chi connectivity index (χ3n) is 3.43. The molecule has 120 valence electrons. The Morgan fingerprint density at radius 2 is 1.91 bits per heavy atom. The monoisotopic (exact) mass is 314 g/mol. The second-order valence-electron chi connectivity index (χ2n) is 4.98. The van der Waals surface area contributed by atoms with Gasteiger partial charge in [0, 0.05) is 23.9 Å². The molecule has 0 fully saturated rings. The van der Waals surface area contributed by atoms with Gasteiger partial charge in [0.2, 0.25) is 0 Å². The summed E-state index contributed by atoms with van der Waals surface area (Å²) in [5.41, 5.74) is 1.55. The number of carbonyl (C=O) groups is 1. The molecule has 2 aromatic rings. The van der Waals surface area contributed by atoms with Gasteiger partial charge in [0.05, 0.1) is 7.11 Å². The number of amides is 2. The number of methoxy groups -OCH3 is 1. The standard InChI is InChI=1S/C17H18N2O4/c1-21-14-5-3-2-4-12(14)11-18-17(20)19-13-6-7-15-16(10-13)23-9-8-22-15/h2-7,10H,8-9,11H2,1H3,(H2,18,19,20). The first-order valence-corrected chi connectivity index (χ1v) is 7.32. The highest BCUT2D eigenvalue weighted by Crippen LogP contribution is 2.32. The zero-order valence-corrected chi connectivity index (χ0v) is 12.8. The highest BCUT2D eigenvalue weighted by atomic mass is 16.6. The van der Waals surface area contributed by atoms with Gasteiger partial charge in [-0.2, -0.15) is 0 Å². The number of para-hydroxylation sites is 1. The van der Waals surface area contributed by atoms with Gasteiger partial charge in [0.15, 0.2) is 11.5 Å². The summed E-state index contributed by atoms with van der Waals surface area (Å²) < 4.78 is 16.2. The lowest BCUT2D eigenvalue weighted by atomic mass is 10.2. The van der Waals surface area contributed by atoms with Crippen molar-refractivity contribution in [2.45, 2.75) is 6.54 Å². The molecule has 0 unspecified atom stereocenters. The van der Waals surface area contributed by atoms with Crippen molar-refractivity contribution < 1.29 is 19.0 Å². The number of benzene rings is 2. The molecule has 0 radical (unpaired) electrons. The van der Waals surface area contributed by atoms with E-state index in [9.17, 15) is 4.79 Å². The predicted octanol–water partition coefficient (Wildman–Crippen LogP) is 2.79. The van der Waals surface area contributed by atoms with Gasteiger partial charge in [-0.15, -0.1) is 0 Å². The molecule has 0 aliphatic carbocycles. The van der Waals surface area contributed by atoms with Crippen LogP contribution in [0.25, 0.3) is 0 Å². The molecule has 1 heterocycles. The summed E-state index contributed by atoms with van der Waals surface area (Å²) in [5, 5.41) is 5.57. The number of hydrogen-bond acceptors (Lipinski definition) is 4. The molecule has 0 atom stereocenters. The van der Waals surface area contributed by atoms with E-state index in [-0.39, 0.29) is 6.03 Å². The molecule has 3 rings (SSSR count). The topological polar surface area (TPSA) is 68.8 Å². The van der Waals surface area contributed by atoms with E-state index < -0.39 is 0 Å². The second kappa shape index (κ2) is 6.91. The average molecular weight is 314 g/mol. The fourth-order valence-electron chi connectivity index (χ4n) is 2.32. The Bertz CT molecular complexity index is 703. The molecule has 0 saturated carbocycles. The SMILES string of the molecule is COc1ccccc1CNC(=O)Nc1ccc2c(c1)OCCO2. The maximum absolute atomic E-state index is 12.0. The van der Waals surface area contributed by atoms with E-state index in [1.54, 1.807) is 25.3 Å². The lowest BCUT2D eigenvalue weighted by molar-refractivity contribution is 0.171. The second-order valence-corrected chi connectivity index (χ2v) is 4.98. The van der Waals surface area contributed by atoms with E-state index in [0.29, 0.717) is 36.9 Å². The first kappa shape index (κ1) is 15.0. The lowest BCUT2D eigenvalue weighted by Crippen LogP contribution is -2.28. The Labute approximate surface area is 134 Å². The van der Waals surface area contributed by atoms with Crippen molar-refractivity contribution in [3.8, 4) is 17.2 Å². The van der Waals surface area contributed by atoms with Crippen molar-refractivity contribution in [3.63, 3.8) is 0 Å². The highest BCUT2D eigenvalue weighted by molar-refractivity contribution is 5.89. The molecule has 0 spiro atoms. The van der Waals surface area contributed by atoms with Crippen LogP contribution in [0.5, 0.6) is 17.2 Å². The molecule has 23 heavy (non-hydrogen) atoms. The van der Waals surface area contributed by atoms with E-state index in [4.69, 9.17) is 14.2 Å². The number of urea groups is 1. The number of carbonyl (C=O) groups excluding carboxylic acids is 1. The summed E-state index contributed by atoms with van der Waals surface area (Å²) in [7, 11) is 1.61. The van der Waals surface area contributed by atoms with Crippen LogP contribution in [0, 0.1) is 0 Å². The van der Waals surface area contributed by atoms with Gasteiger partial charge in [-0.05, 0) is 18.2 Å². The summed E-state index contributed by atoms with van der Waals surface area (Å²) in [4.78, 5) is 12.0. The van der Waals surface area contributed by atoms with Gasteiger partial charge in [-0.3, -0.25) is 0 Å². The van der Waals surface area contributed by atoms with Crippen LogP contribution < -0.4 is 24.8 Å². The molecular weight excluding hydrogens is 296 g/mol. The predicted molar refractivity (Wildman–Crippen MR) is 86.3 cm³/mol. The van der Waals surface area contributed by atoms with Crippen LogP contribution in [-0.4, -0.2) is 26.4 Å². The summed E-state index contributed by atoms with van der Waals surface area (Å²) in [6.45, 7) is 1.43. The lowest BCUT2D eigenvalue weighted by Gasteiger charge is -2.19. The molecule has 6 nitrogen and oxygen atoms in total. The zero-order valence-electron chi connectivity index (χ0n) is 12.8. The molecule has 1 aliphatic heterocycles. The number of rotatable bonds is 4. The molecule has 6 heteroatoms. The molecule has 1 aliphatic rings. The van der Waals surface area contributed by atoms with Crippen LogP contribution in [0.3, 0.4) is 0 Å². The van der Waals surface area contributed by atoms with Gasteiger partial charge in [-0.25, -0.2) is 4.79 Å². The number of ether oxygens (including phenoxy) is 3. The first-order chi connectivity index (χ1) is 11.3. The number of anilines is 1. The van der Waals surface area contributed by atoms with Crippen LogP contribution in [0.4, 0.5) is 10.5 Å². The quantitative estimate of drug-likeness (QED) is 0.910. The Hall–Kier alpha value is -2.89. The maximum atomic E-state index is 12.0. The molecular formula is C17H18N2O4. The zero-order chi connectivity index (χ0) is 16.1.